The fourth-order valence-electron chi connectivity index (χ4n) is 4.08. The lowest BCUT2D eigenvalue weighted by molar-refractivity contribution is -0.133. The van der Waals surface area contributed by atoms with Crippen LogP contribution in [0, 0.1) is 18.2 Å². The summed E-state index contributed by atoms with van der Waals surface area (Å²) in [7, 11) is 1.84. The second-order valence-electron chi connectivity index (χ2n) is 8.89. The van der Waals surface area contributed by atoms with Gasteiger partial charge in [0.05, 0.1) is 11.9 Å². The van der Waals surface area contributed by atoms with Gasteiger partial charge in [0.15, 0.2) is 0 Å². The summed E-state index contributed by atoms with van der Waals surface area (Å²) in [6.45, 7) is 1.86. The van der Waals surface area contributed by atoms with Crippen LogP contribution >= 0.6 is 0 Å². The predicted octanol–water partition coefficient (Wildman–Crippen LogP) is 4.65. The Kier molecular flexibility index (Phi) is 5.75. The fraction of sp³-hybridized carbons (Fsp3) is 0.185. The summed E-state index contributed by atoms with van der Waals surface area (Å²) >= 11 is 0. The third-order valence-corrected chi connectivity index (χ3v) is 6.30. The zero-order valence-electron chi connectivity index (χ0n) is 19.8. The van der Waals surface area contributed by atoms with Crippen molar-refractivity contribution in [1.82, 2.24) is 14.8 Å². The lowest BCUT2D eigenvalue weighted by Gasteiger charge is -2.27. The molecule has 36 heavy (non-hydrogen) atoms. The number of aryl methyl sites for hydroxylation is 2. The molecule has 8 nitrogen and oxygen atoms in total. The van der Waals surface area contributed by atoms with E-state index in [0.717, 1.165) is 16.8 Å². The second-order valence-corrected chi connectivity index (χ2v) is 8.89. The number of amides is 2. The zero-order valence-corrected chi connectivity index (χ0v) is 19.8. The number of benzene rings is 2. The molecule has 0 atom stereocenters. The zero-order chi connectivity index (χ0) is 25.4. The molecule has 9 heteroatoms. The molecule has 1 fully saturated rings. The molecule has 0 spiro atoms. The molecule has 0 radical (unpaired) electrons. The van der Waals surface area contributed by atoms with E-state index in [2.05, 4.69) is 10.1 Å². The standard InChI is InChI=1S/C27H24FN5O3/c1-17-13-21(33(20-5-3-19(28)4-6-20)26(35)27(10-11-27)25(29)34)7-8-24(17)36-22-9-12-30-23(14-22)18-15-31-32(2)16-18/h3-9,12-16H,10-11H2,1-2H3,(H2,29,34). The van der Waals surface area contributed by atoms with Gasteiger partial charge in [-0.15, -0.1) is 0 Å². The highest BCUT2D eigenvalue weighted by molar-refractivity contribution is 6.16. The van der Waals surface area contributed by atoms with Crippen LogP contribution in [-0.2, 0) is 16.6 Å². The lowest BCUT2D eigenvalue weighted by atomic mass is 10.0. The smallest absolute Gasteiger partial charge is 0.247 e. The van der Waals surface area contributed by atoms with Gasteiger partial charge in [-0.1, -0.05) is 0 Å². The van der Waals surface area contributed by atoms with Crippen LogP contribution in [0.1, 0.15) is 18.4 Å². The highest BCUT2D eigenvalue weighted by Crippen LogP contribution is 2.49. The number of nitrogens with two attached hydrogens (primary N) is 1. The number of anilines is 2. The first kappa shape index (κ1) is 23.2. The van der Waals surface area contributed by atoms with E-state index < -0.39 is 23.0 Å². The van der Waals surface area contributed by atoms with Crippen LogP contribution in [-0.4, -0.2) is 26.6 Å². The number of primary amides is 1. The van der Waals surface area contributed by atoms with Gasteiger partial charge < -0.3 is 10.5 Å². The summed E-state index contributed by atoms with van der Waals surface area (Å²) in [5.74, 6) is -0.324. The van der Waals surface area contributed by atoms with Gasteiger partial charge in [0.2, 0.25) is 11.8 Å². The van der Waals surface area contributed by atoms with Crippen molar-refractivity contribution in [2.75, 3.05) is 4.90 Å². The molecular formula is C27H24FN5O3. The van der Waals surface area contributed by atoms with Crippen molar-refractivity contribution in [1.29, 1.82) is 0 Å². The average molecular weight is 486 g/mol. The van der Waals surface area contributed by atoms with Crippen LogP contribution in [0.3, 0.4) is 0 Å². The summed E-state index contributed by atoms with van der Waals surface area (Å²) in [6.07, 6.45) is 6.04. The second kappa shape index (κ2) is 8.92. The predicted molar refractivity (Wildman–Crippen MR) is 132 cm³/mol. The minimum absolute atomic E-state index is 0.389. The Morgan fingerprint density at radius 1 is 1.08 bits per heavy atom. The van der Waals surface area contributed by atoms with Gasteiger partial charge in [-0.05, 0) is 73.9 Å². The third kappa shape index (κ3) is 4.31. The van der Waals surface area contributed by atoms with Gasteiger partial charge in [-0.2, -0.15) is 5.10 Å². The number of rotatable bonds is 7. The maximum Gasteiger partial charge on any atom is 0.247 e. The minimum Gasteiger partial charge on any atom is -0.457 e. The van der Waals surface area contributed by atoms with Gasteiger partial charge in [0.1, 0.15) is 22.7 Å². The van der Waals surface area contributed by atoms with Gasteiger partial charge in [-0.3, -0.25) is 24.2 Å². The molecule has 1 aliphatic rings. The number of aromatic nitrogens is 3. The number of nitrogens with zero attached hydrogens (tertiary/aromatic N) is 4. The van der Waals surface area contributed by atoms with Crippen LogP contribution in [0.4, 0.5) is 15.8 Å². The van der Waals surface area contributed by atoms with Crippen LogP contribution in [0.5, 0.6) is 11.5 Å². The number of hydrogen-bond donors (Lipinski definition) is 1. The van der Waals surface area contributed by atoms with Gasteiger partial charge >= 0.3 is 0 Å². The number of ether oxygens (including phenoxy) is 1. The number of pyridine rings is 1. The molecule has 2 aromatic heterocycles. The quantitative estimate of drug-likeness (QED) is 0.384. The molecule has 0 unspecified atom stereocenters. The van der Waals surface area contributed by atoms with E-state index in [1.807, 2.05) is 26.2 Å². The molecule has 4 aromatic rings. The summed E-state index contributed by atoms with van der Waals surface area (Å²) in [5, 5.41) is 4.18. The Bertz CT molecular complexity index is 1460. The molecule has 1 aliphatic carbocycles. The van der Waals surface area contributed by atoms with E-state index in [1.54, 1.807) is 41.3 Å². The first-order valence-electron chi connectivity index (χ1n) is 11.4. The normalized spacial score (nSPS) is 13.8. The van der Waals surface area contributed by atoms with Crippen molar-refractivity contribution in [3.05, 3.63) is 84.6 Å². The topological polar surface area (TPSA) is 103 Å². The molecule has 2 amide bonds. The van der Waals surface area contributed by atoms with Crippen LogP contribution < -0.4 is 15.4 Å². The van der Waals surface area contributed by atoms with Crippen molar-refractivity contribution in [3.63, 3.8) is 0 Å². The van der Waals surface area contributed by atoms with E-state index in [9.17, 15) is 14.0 Å². The Labute approximate surface area is 207 Å². The van der Waals surface area contributed by atoms with Crippen molar-refractivity contribution < 1.29 is 18.7 Å². The largest absolute Gasteiger partial charge is 0.457 e. The van der Waals surface area contributed by atoms with E-state index >= 15 is 0 Å². The molecule has 0 bridgehead atoms. The van der Waals surface area contributed by atoms with Crippen molar-refractivity contribution in [2.24, 2.45) is 18.2 Å². The van der Waals surface area contributed by atoms with Gasteiger partial charge in [0, 0.05) is 42.4 Å². The third-order valence-electron chi connectivity index (χ3n) is 6.30. The monoisotopic (exact) mass is 485 g/mol. The van der Waals surface area contributed by atoms with E-state index in [0.29, 0.717) is 35.7 Å². The van der Waals surface area contributed by atoms with E-state index in [-0.39, 0.29) is 0 Å². The molecular weight excluding hydrogens is 461 g/mol. The number of halogens is 1. The minimum atomic E-state index is -1.24. The molecule has 2 aromatic carbocycles. The molecule has 182 valence electrons. The number of hydrogen-bond acceptors (Lipinski definition) is 5. The van der Waals surface area contributed by atoms with E-state index in [1.165, 1.54) is 29.2 Å². The summed E-state index contributed by atoms with van der Waals surface area (Å²) in [5.41, 5.74) is 7.65. The van der Waals surface area contributed by atoms with Gasteiger partial charge in [-0.25, -0.2) is 4.39 Å². The number of carbonyl (C=O) groups excluding carboxylic acids is 2. The Morgan fingerprint density at radius 3 is 2.42 bits per heavy atom. The SMILES string of the molecule is Cc1cc(N(C(=O)C2(C(N)=O)CC2)c2ccc(F)cc2)ccc1Oc1ccnc(-c2cnn(C)c2)c1. The van der Waals surface area contributed by atoms with E-state index in [4.69, 9.17) is 10.5 Å². The fourth-order valence-corrected chi connectivity index (χ4v) is 4.08. The van der Waals surface area contributed by atoms with Crippen LogP contribution in [0.25, 0.3) is 11.3 Å². The number of carbonyl (C=O) groups is 2. The molecule has 2 heterocycles. The summed E-state index contributed by atoms with van der Waals surface area (Å²) < 4.78 is 21.4. The molecule has 5 rings (SSSR count). The summed E-state index contributed by atoms with van der Waals surface area (Å²) in [6, 6.07) is 14.4. The van der Waals surface area contributed by atoms with Crippen LogP contribution in [0.2, 0.25) is 0 Å². The maximum atomic E-state index is 13.6. The average Bonchev–Trinajstić information content (AvgIpc) is 3.57. The molecule has 2 N–H and O–H groups in total. The Morgan fingerprint density at radius 2 is 1.81 bits per heavy atom. The summed E-state index contributed by atoms with van der Waals surface area (Å²) in [4.78, 5) is 31.4. The van der Waals surface area contributed by atoms with Crippen molar-refractivity contribution in [2.45, 2.75) is 19.8 Å². The highest BCUT2D eigenvalue weighted by Gasteiger charge is 2.57. The highest BCUT2D eigenvalue weighted by atomic mass is 19.1. The van der Waals surface area contributed by atoms with Crippen molar-refractivity contribution in [3.8, 4) is 22.8 Å². The molecule has 0 saturated heterocycles. The van der Waals surface area contributed by atoms with Crippen LogP contribution in [0.15, 0.2) is 73.2 Å². The first-order valence-corrected chi connectivity index (χ1v) is 11.4. The molecule has 1 saturated carbocycles. The Balaban J connectivity index is 1.46. The van der Waals surface area contributed by atoms with Gasteiger partial charge in [0.25, 0.3) is 0 Å². The lowest BCUT2D eigenvalue weighted by Crippen LogP contribution is -2.41. The molecule has 0 aliphatic heterocycles. The maximum absolute atomic E-state index is 13.6. The Hall–Kier alpha value is -4.53. The first-order chi connectivity index (χ1) is 17.3. The van der Waals surface area contributed by atoms with Crippen molar-refractivity contribution >= 4 is 23.2 Å².